The van der Waals surface area contributed by atoms with Crippen molar-refractivity contribution in [3.05, 3.63) is 11.8 Å². The second-order valence-electron chi connectivity index (χ2n) is 3.95. The standard InChI is InChI=1S/C11H16N4O2/c1-17-11-14-9(7-16)6-10(15-11)13-8-2-4-12-5-3-8/h6-8,12H,2-5H2,1H3,(H,13,14,15). The van der Waals surface area contributed by atoms with Gasteiger partial charge in [0.1, 0.15) is 11.5 Å². The first-order valence-electron chi connectivity index (χ1n) is 5.67. The maximum absolute atomic E-state index is 10.7. The van der Waals surface area contributed by atoms with Crippen molar-refractivity contribution in [3.63, 3.8) is 0 Å². The summed E-state index contributed by atoms with van der Waals surface area (Å²) < 4.78 is 4.95. The highest BCUT2D eigenvalue weighted by Gasteiger charge is 2.14. The van der Waals surface area contributed by atoms with Crippen LogP contribution in [0.3, 0.4) is 0 Å². The third-order valence-corrected chi connectivity index (χ3v) is 2.72. The van der Waals surface area contributed by atoms with E-state index < -0.39 is 0 Å². The minimum atomic E-state index is 0.214. The van der Waals surface area contributed by atoms with Crippen LogP contribution < -0.4 is 15.4 Å². The van der Waals surface area contributed by atoms with Gasteiger partial charge in [-0.2, -0.15) is 9.97 Å². The monoisotopic (exact) mass is 236 g/mol. The number of aldehydes is 1. The molecule has 1 aliphatic rings. The predicted octanol–water partition coefficient (Wildman–Crippen LogP) is 0.462. The second kappa shape index (κ2) is 5.58. The summed E-state index contributed by atoms with van der Waals surface area (Å²) in [7, 11) is 1.48. The topological polar surface area (TPSA) is 76.1 Å². The Morgan fingerprint density at radius 1 is 1.47 bits per heavy atom. The van der Waals surface area contributed by atoms with E-state index in [0.29, 0.717) is 23.8 Å². The summed E-state index contributed by atoms with van der Waals surface area (Å²) in [5.74, 6) is 0.644. The molecule has 1 aliphatic heterocycles. The van der Waals surface area contributed by atoms with Crippen LogP contribution in [0.15, 0.2) is 6.07 Å². The fraction of sp³-hybridized carbons (Fsp3) is 0.545. The van der Waals surface area contributed by atoms with Crippen molar-refractivity contribution in [2.75, 3.05) is 25.5 Å². The molecule has 0 radical (unpaired) electrons. The lowest BCUT2D eigenvalue weighted by Gasteiger charge is -2.24. The number of methoxy groups -OCH3 is 1. The number of nitrogens with zero attached hydrogens (tertiary/aromatic N) is 2. The van der Waals surface area contributed by atoms with Gasteiger partial charge >= 0.3 is 6.01 Å². The number of carbonyl (C=O) groups is 1. The van der Waals surface area contributed by atoms with Gasteiger partial charge < -0.3 is 15.4 Å². The van der Waals surface area contributed by atoms with Crippen molar-refractivity contribution < 1.29 is 9.53 Å². The van der Waals surface area contributed by atoms with Crippen molar-refractivity contribution in [2.24, 2.45) is 0 Å². The molecule has 0 spiro atoms. The molecule has 1 aromatic heterocycles. The Morgan fingerprint density at radius 3 is 2.88 bits per heavy atom. The number of hydrogen-bond donors (Lipinski definition) is 2. The maximum atomic E-state index is 10.7. The Hall–Kier alpha value is -1.69. The van der Waals surface area contributed by atoms with Crippen molar-refractivity contribution in [3.8, 4) is 6.01 Å². The molecule has 0 saturated carbocycles. The Morgan fingerprint density at radius 2 is 2.24 bits per heavy atom. The fourth-order valence-corrected chi connectivity index (χ4v) is 1.84. The zero-order valence-corrected chi connectivity index (χ0v) is 9.77. The van der Waals surface area contributed by atoms with Gasteiger partial charge in [0.15, 0.2) is 6.29 Å². The van der Waals surface area contributed by atoms with E-state index in [-0.39, 0.29) is 6.01 Å². The van der Waals surface area contributed by atoms with Gasteiger partial charge in [0, 0.05) is 12.1 Å². The summed E-state index contributed by atoms with van der Waals surface area (Å²) in [5.41, 5.74) is 0.327. The maximum Gasteiger partial charge on any atom is 0.318 e. The van der Waals surface area contributed by atoms with Crippen LogP contribution in [0, 0.1) is 0 Å². The molecule has 0 bridgehead atoms. The molecule has 0 aliphatic carbocycles. The van der Waals surface area contributed by atoms with Crippen LogP contribution in [0.2, 0.25) is 0 Å². The molecule has 1 saturated heterocycles. The molecule has 6 heteroatoms. The second-order valence-corrected chi connectivity index (χ2v) is 3.95. The smallest absolute Gasteiger partial charge is 0.318 e. The number of ether oxygens (including phenoxy) is 1. The van der Waals surface area contributed by atoms with Crippen molar-refractivity contribution in [1.29, 1.82) is 0 Å². The van der Waals surface area contributed by atoms with Gasteiger partial charge in [-0.05, 0) is 25.9 Å². The molecular weight excluding hydrogens is 220 g/mol. The van der Waals surface area contributed by atoms with Crippen LogP contribution in [0.1, 0.15) is 23.3 Å². The van der Waals surface area contributed by atoms with Crippen molar-refractivity contribution >= 4 is 12.1 Å². The fourth-order valence-electron chi connectivity index (χ4n) is 1.84. The molecule has 92 valence electrons. The van der Waals surface area contributed by atoms with Crippen LogP contribution in [-0.4, -0.2) is 42.5 Å². The molecule has 0 aromatic carbocycles. The number of aromatic nitrogens is 2. The number of carbonyl (C=O) groups excluding carboxylic acids is 1. The van der Waals surface area contributed by atoms with Gasteiger partial charge in [-0.15, -0.1) is 0 Å². The van der Waals surface area contributed by atoms with Crippen LogP contribution in [-0.2, 0) is 0 Å². The number of rotatable bonds is 4. The molecule has 0 unspecified atom stereocenters. The van der Waals surface area contributed by atoms with E-state index >= 15 is 0 Å². The molecule has 6 nitrogen and oxygen atoms in total. The quantitative estimate of drug-likeness (QED) is 0.740. The number of anilines is 1. The third-order valence-electron chi connectivity index (χ3n) is 2.72. The predicted molar refractivity (Wildman–Crippen MR) is 63.5 cm³/mol. The Balaban J connectivity index is 2.10. The van der Waals surface area contributed by atoms with E-state index in [1.165, 1.54) is 7.11 Å². The summed E-state index contributed by atoms with van der Waals surface area (Å²) in [5, 5.41) is 6.59. The van der Waals surface area contributed by atoms with Crippen molar-refractivity contribution in [1.82, 2.24) is 15.3 Å². The highest BCUT2D eigenvalue weighted by atomic mass is 16.5. The van der Waals surface area contributed by atoms with Gasteiger partial charge in [-0.3, -0.25) is 4.79 Å². The highest BCUT2D eigenvalue weighted by molar-refractivity contribution is 5.73. The van der Waals surface area contributed by atoms with E-state index in [9.17, 15) is 4.79 Å². The minimum Gasteiger partial charge on any atom is -0.467 e. The molecule has 2 heterocycles. The summed E-state index contributed by atoms with van der Waals surface area (Å²) in [6, 6.07) is 2.23. The van der Waals surface area contributed by atoms with E-state index in [2.05, 4.69) is 20.6 Å². The lowest BCUT2D eigenvalue weighted by atomic mass is 10.1. The Bertz CT molecular complexity index is 391. The van der Waals surface area contributed by atoms with Crippen LogP contribution in [0.4, 0.5) is 5.82 Å². The van der Waals surface area contributed by atoms with Gasteiger partial charge in [0.2, 0.25) is 0 Å². The molecule has 0 atom stereocenters. The largest absolute Gasteiger partial charge is 0.467 e. The first-order chi connectivity index (χ1) is 8.31. The van der Waals surface area contributed by atoms with Gasteiger partial charge in [-0.1, -0.05) is 0 Å². The van der Waals surface area contributed by atoms with E-state index in [1.807, 2.05) is 0 Å². The third kappa shape index (κ3) is 3.13. The average molecular weight is 236 g/mol. The summed E-state index contributed by atoms with van der Waals surface area (Å²) in [6.45, 7) is 2.00. The number of piperidine rings is 1. The lowest BCUT2D eigenvalue weighted by molar-refractivity contribution is 0.111. The Labute approximate surface area is 99.8 Å². The summed E-state index contributed by atoms with van der Waals surface area (Å²) >= 11 is 0. The zero-order chi connectivity index (χ0) is 12.1. The van der Waals surface area contributed by atoms with Crippen LogP contribution in [0.5, 0.6) is 6.01 Å². The molecule has 1 aromatic rings. The number of hydrogen-bond acceptors (Lipinski definition) is 6. The molecule has 1 fully saturated rings. The van der Waals surface area contributed by atoms with E-state index in [4.69, 9.17) is 4.74 Å². The number of nitrogens with one attached hydrogen (secondary N) is 2. The highest BCUT2D eigenvalue weighted by Crippen LogP contribution is 2.14. The molecular formula is C11H16N4O2. The van der Waals surface area contributed by atoms with E-state index in [1.54, 1.807) is 6.07 Å². The summed E-state index contributed by atoms with van der Waals surface area (Å²) in [4.78, 5) is 18.8. The zero-order valence-electron chi connectivity index (χ0n) is 9.77. The van der Waals surface area contributed by atoms with Gasteiger partial charge in [-0.25, -0.2) is 0 Å². The average Bonchev–Trinajstić information content (AvgIpc) is 2.39. The molecule has 2 N–H and O–H groups in total. The summed E-state index contributed by atoms with van der Waals surface area (Å²) in [6.07, 6.45) is 2.78. The first kappa shape index (κ1) is 11.8. The lowest BCUT2D eigenvalue weighted by Crippen LogP contribution is -2.35. The van der Waals surface area contributed by atoms with E-state index in [0.717, 1.165) is 25.9 Å². The van der Waals surface area contributed by atoms with Gasteiger partial charge in [0.05, 0.1) is 7.11 Å². The SMILES string of the molecule is COc1nc(C=O)cc(NC2CCNCC2)n1. The van der Waals surface area contributed by atoms with Gasteiger partial charge in [0.25, 0.3) is 0 Å². The molecule has 2 rings (SSSR count). The minimum absolute atomic E-state index is 0.214. The van der Waals surface area contributed by atoms with Crippen LogP contribution in [0.25, 0.3) is 0 Å². The Kier molecular flexibility index (Phi) is 3.87. The van der Waals surface area contributed by atoms with Crippen molar-refractivity contribution in [2.45, 2.75) is 18.9 Å². The normalized spacial score (nSPS) is 16.5. The molecule has 17 heavy (non-hydrogen) atoms. The first-order valence-corrected chi connectivity index (χ1v) is 5.67. The van der Waals surface area contributed by atoms with Crippen LogP contribution >= 0.6 is 0 Å². The molecule has 0 amide bonds.